The van der Waals surface area contributed by atoms with Gasteiger partial charge in [0.15, 0.2) is 10.8 Å². The van der Waals surface area contributed by atoms with Gasteiger partial charge in [-0.2, -0.15) is 0 Å². The van der Waals surface area contributed by atoms with Gasteiger partial charge in [-0.05, 0) is 51.5 Å². The Bertz CT molecular complexity index is 4280. The first-order valence-electron chi connectivity index (χ1n) is 29.1. The van der Waals surface area contributed by atoms with E-state index in [4.69, 9.17) is 53.0 Å². The van der Waals surface area contributed by atoms with E-state index in [-0.39, 0.29) is 45.4 Å². The topological polar surface area (TPSA) is 141 Å². The number of fused-ring (bicyclic) bond motifs is 2. The van der Waals surface area contributed by atoms with Crippen LogP contribution in [0.4, 0.5) is 5.13 Å². The molecule has 1 fully saturated rings. The normalized spacial score (nSPS) is 15.0. The van der Waals surface area contributed by atoms with Crippen LogP contribution in [0, 0.1) is 0 Å². The maximum atomic E-state index is 15.9. The Hall–Kier alpha value is -8.88. The van der Waals surface area contributed by atoms with Crippen LogP contribution in [0.15, 0.2) is 270 Å². The van der Waals surface area contributed by atoms with E-state index in [1.165, 1.54) is 41.5 Å². The third-order valence-corrected chi connectivity index (χ3v) is 21.0. The summed E-state index contributed by atoms with van der Waals surface area (Å²) in [5.41, 5.74) is 4.91. The first kappa shape index (κ1) is 61.0. The number of ether oxygens (including phenoxy) is 3. The molecule has 2 N–H and O–H groups in total. The van der Waals surface area contributed by atoms with Crippen LogP contribution in [0.5, 0.6) is 0 Å². The molecule has 2 atom stereocenters. The molecular formula is C73H56ClN5O7S5. The standard InChI is InChI=1S/C73H56ClN5O7S5/c1-83-46-84-44-55-62(80)65-57(42-43-88-65)90-64(55)56-45-89-69-60(68(82)79(69)61(56)70(87)85-63(47-26-10-2-11-27-47)48-28-12-3-13-29-48)75-67(81)59(78-86-73(52-36-20-7-21-37-52,53-38-22-8-23-39-53)54-40-24-9-25-41-54)58-66(74)91-71(76-58)77-72(49-30-14-4-15-31-49,50-32-16-5-17-33-50)51-34-18-6-19-35-51/h2-43,60,63,69H,44-46H2,1H3,(H,75,81)(H,76,77)/t60?,69-/m1/s1. The van der Waals surface area contributed by atoms with Gasteiger partial charge in [-0.15, -0.1) is 34.4 Å². The zero-order valence-electron chi connectivity index (χ0n) is 48.7. The Balaban J connectivity index is 0.933. The number of thiocarbonyl (C=S) groups is 1. The molecule has 452 valence electrons. The number of anilines is 1. The summed E-state index contributed by atoms with van der Waals surface area (Å²) in [5.74, 6) is -1.03. The van der Waals surface area contributed by atoms with Gasteiger partial charge < -0.3 is 29.7 Å². The van der Waals surface area contributed by atoms with Crippen molar-refractivity contribution in [2.24, 2.45) is 5.16 Å². The Kier molecular flexibility index (Phi) is 18.3. The highest BCUT2D eigenvalue weighted by Gasteiger charge is 2.55. The number of hydrogen-bond acceptors (Lipinski definition) is 15. The number of benzene rings is 8. The monoisotopic (exact) mass is 1310 g/mol. The molecule has 2 amide bonds. The van der Waals surface area contributed by atoms with Gasteiger partial charge in [-0.3, -0.25) is 19.3 Å². The second-order valence-electron chi connectivity index (χ2n) is 21.3. The maximum absolute atomic E-state index is 15.9. The molecule has 91 heavy (non-hydrogen) atoms. The lowest BCUT2D eigenvalue weighted by atomic mass is 9.77. The van der Waals surface area contributed by atoms with E-state index < -0.39 is 40.5 Å². The largest absolute Gasteiger partial charge is 0.469 e. The van der Waals surface area contributed by atoms with Gasteiger partial charge in [0.05, 0.1) is 11.3 Å². The van der Waals surface area contributed by atoms with Gasteiger partial charge in [0, 0.05) is 50.3 Å². The van der Waals surface area contributed by atoms with Crippen LogP contribution in [0.2, 0.25) is 4.34 Å². The van der Waals surface area contributed by atoms with E-state index >= 15 is 9.59 Å². The quantitative estimate of drug-likeness (QED) is 0.0127. The van der Waals surface area contributed by atoms with Crippen molar-refractivity contribution in [2.45, 2.75) is 35.3 Å². The molecule has 0 bridgehead atoms. The first-order valence-corrected chi connectivity index (χ1v) is 33.5. The molecule has 13 rings (SSSR count). The van der Waals surface area contributed by atoms with E-state index in [0.717, 1.165) is 60.5 Å². The minimum atomic E-state index is -1.45. The molecule has 0 aliphatic carbocycles. The third kappa shape index (κ3) is 12.0. The van der Waals surface area contributed by atoms with Gasteiger partial charge in [0.2, 0.25) is 16.1 Å². The zero-order chi connectivity index (χ0) is 62.3. The average molecular weight is 1310 g/mol. The Morgan fingerprint density at radius 2 is 1.16 bits per heavy atom. The highest BCUT2D eigenvalue weighted by atomic mass is 35.5. The van der Waals surface area contributed by atoms with Crippen LogP contribution in [-0.2, 0) is 46.4 Å². The molecule has 2 aliphatic rings. The van der Waals surface area contributed by atoms with Crippen LogP contribution in [0.3, 0.4) is 0 Å². The summed E-state index contributed by atoms with van der Waals surface area (Å²) in [7, 11) is 1.52. The van der Waals surface area contributed by atoms with Crippen LogP contribution in [-0.4, -0.2) is 63.5 Å². The number of thiazole rings is 1. The number of aromatic nitrogens is 1. The van der Waals surface area contributed by atoms with Crippen LogP contribution in [0.1, 0.15) is 66.7 Å². The molecule has 3 aromatic heterocycles. The number of amides is 2. The number of thiophene rings is 1. The third-order valence-electron chi connectivity index (χ3n) is 15.9. The van der Waals surface area contributed by atoms with Gasteiger partial charge in [-0.25, -0.2) is 4.98 Å². The molecule has 12 nitrogen and oxygen atoms in total. The smallest absolute Gasteiger partial charge is 0.276 e. The molecule has 2 aliphatic heterocycles. The van der Waals surface area contributed by atoms with E-state index in [9.17, 15) is 4.79 Å². The summed E-state index contributed by atoms with van der Waals surface area (Å²) in [6, 6.07) is 79.4. The Labute approximate surface area is 552 Å². The lowest BCUT2D eigenvalue weighted by Gasteiger charge is -2.50. The highest BCUT2D eigenvalue weighted by Crippen LogP contribution is 2.48. The predicted octanol–water partition coefficient (Wildman–Crippen LogP) is 15.6. The second kappa shape index (κ2) is 27.3. The van der Waals surface area contributed by atoms with E-state index in [0.29, 0.717) is 31.5 Å². The SMILES string of the molecule is COCOCc1c(C2=C(C(=S)OC(c3ccccc3)c3ccccc3)N3C(=O)C(NC(=O)C(=NOC(c4ccccc4)(c4ccccc4)c4ccccc4)c4nc(NC(c5ccccc5)(c5ccccc5)c5ccccc5)sc4Cl)[C@H]3SC2)sc2ccsc2c1=O. The number of methoxy groups -OCH3 is 1. The Morgan fingerprint density at radius 1 is 0.681 bits per heavy atom. The minimum Gasteiger partial charge on any atom is -0.469 e. The Morgan fingerprint density at radius 3 is 1.66 bits per heavy atom. The minimum absolute atomic E-state index is 0.00465. The number of halogens is 1. The first-order chi connectivity index (χ1) is 44.7. The van der Waals surface area contributed by atoms with Gasteiger partial charge >= 0.3 is 0 Å². The molecule has 0 saturated carbocycles. The van der Waals surface area contributed by atoms with Crippen molar-refractivity contribution in [1.82, 2.24) is 15.2 Å². The average Bonchev–Trinajstić information content (AvgIpc) is 1.15. The number of carbonyl (C=O) groups excluding carboxylic acids is 2. The number of hydrogen-bond donors (Lipinski definition) is 2. The van der Waals surface area contributed by atoms with Crippen LogP contribution < -0.4 is 16.1 Å². The number of nitrogens with zero attached hydrogens (tertiary/aromatic N) is 3. The molecule has 0 radical (unpaired) electrons. The number of nitrogens with one attached hydrogen (secondary N) is 2. The van der Waals surface area contributed by atoms with Gasteiger partial charge in [-0.1, -0.05) is 271 Å². The number of β-lactam (4-membered cyclic amide) rings is 1. The van der Waals surface area contributed by atoms with E-state index in [1.54, 1.807) is 4.90 Å². The summed E-state index contributed by atoms with van der Waals surface area (Å²) < 4.78 is 19.6. The summed E-state index contributed by atoms with van der Waals surface area (Å²) in [6.07, 6.45) is -0.694. The second-order valence-corrected chi connectivity index (χ2v) is 26.4. The summed E-state index contributed by atoms with van der Waals surface area (Å²) in [4.78, 5) is 60.5. The van der Waals surface area contributed by atoms with Crippen molar-refractivity contribution in [1.29, 1.82) is 0 Å². The van der Waals surface area contributed by atoms with Crippen LogP contribution in [0.25, 0.3) is 15.0 Å². The fourth-order valence-electron chi connectivity index (χ4n) is 11.7. The molecular weight excluding hydrogens is 1250 g/mol. The zero-order valence-corrected chi connectivity index (χ0v) is 53.6. The van der Waals surface area contributed by atoms with Crippen molar-refractivity contribution in [2.75, 3.05) is 25.0 Å². The molecule has 8 aromatic carbocycles. The van der Waals surface area contributed by atoms with Crippen molar-refractivity contribution in [3.63, 3.8) is 0 Å². The van der Waals surface area contributed by atoms with Crippen LogP contribution >= 0.6 is 69.6 Å². The number of oxime groups is 1. The van der Waals surface area contributed by atoms with Gasteiger partial charge in [0.1, 0.15) is 45.6 Å². The van der Waals surface area contributed by atoms with Crippen molar-refractivity contribution in [3.05, 3.63) is 335 Å². The number of rotatable bonds is 22. The highest BCUT2D eigenvalue weighted by molar-refractivity contribution is 8.00. The van der Waals surface area contributed by atoms with Crippen molar-refractivity contribution < 1.29 is 28.6 Å². The van der Waals surface area contributed by atoms with E-state index in [2.05, 4.69) is 47.0 Å². The fraction of sp³-hybridized carbons (Fsp3) is 0.123. The molecule has 1 unspecified atom stereocenters. The van der Waals surface area contributed by atoms with E-state index in [1.807, 2.05) is 218 Å². The molecule has 11 aromatic rings. The predicted molar refractivity (Wildman–Crippen MR) is 370 cm³/mol. The lowest BCUT2D eigenvalue weighted by Crippen LogP contribution is -2.71. The molecule has 0 spiro atoms. The van der Waals surface area contributed by atoms with Crippen molar-refractivity contribution >= 4 is 112 Å². The van der Waals surface area contributed by atoms with Gasteiger partial charge in [0.25, 0.3) is 11.8 Å². The molecule has 1 saturated heterocycles. The number of thioether (sulfide) groups is 1. The summed E-state index contributed by atoms with van der Waals surface area (Å²) in [6.45, 7) is -0.124. The summed E-state index contributed by atoms with van der Waals surface area (Å²) in [5, 5.41) is 13.4. The maximum Gasteiger partial charge on any atom is 0.276 e. The lowest BCUT2D eigenvalue weighted by molar-refractivity contribution is -0.144. The fourth-order valence-corrected chi connectivity index (χ4v) is 16.8. The van der Waals surface area contributed by atoms with Crippen molar-refractivity contribution in [3.8, 4) is 0 Å². The molecule has 18 heteroatoms. The molecule has 5 heterocycles. The number of carbonyl (C=O) groups is 2. The summed E-state index contributed by atoms with van der Waals surface area (Å²) >= 11 is 19.2.